The number of carbonyl (C=O) groups is 1. The Bertz CT molecular complexity index is 1190. The van der Waals surface area contributed by atoms with E-state index in [-0.39, 0.29) is 10.8 Å². The smallest absolute Gasteiger partial charge is 0.261 e. The number of nitrogens with one attached hydrogen (secondary N) is 2. The molecule has 0 heterocycles. The van der Waals surface area contributed by atoms with Gasteiger partial charge >= 0.3 is 0 Å². The van der Waals surface area contributed by atoms with Gasteiger partial charge in [0.15, 0.2) is 0 Å². The molecule has 6 nitrogen and oxygen atoms in total. The molecule has 31 heavy (non-hydrogen) atoms. The summed E-state index contributed by atoms with van der Waals surface area (Å²) in [4.78, 5) is 12.5. The lowest BCUT2D eigenvalue weighted by molar-refractivity contribution is 0.102. The summed E-state index contributed by atoms with van der Waals surface area (Å²) in [5.74, 6) is 0.335. The third kappa shape index (κ3) is 5.73. The SMILES string of the molecule is C=CCOc1ccc(C(=O)Nc2ccc(S(=O)(=O)Nc3cc(C)ccc3C)cc2)cc1. The number of hydrogen-bond acceptors (Lipinski definition) is 4. The van der Waals surface area contributed by atoms with Gasteiger partial charge in [-0.25, -0.2) is 8.42 Å². The predicted octanol–water partition coefficient (Wildman–Crippen LogP) is 4.92. The second kappa shape index (κ2) is 9.49. The molecule has 0 fully saturated rings. The second-order valence-corrected chi connectivity index (χ2v) is 8.71. The Labute approximate surface area is 182 Å². The molecular formula is C24H24N2O4S. The number of sulfonamides is 1. The first kappa shape index (κ1) is 22.1. The summed E-state index contributed by atoms with van der Waals surface area (Å²) in [7, 11) is -3.75. The Morgan fingerprint density at radius 1 is 1.00 bits per heavy atom. The van der Waals surface area contributed by atoms with E-state index in [2.05, 4.69) is 16.6 Å². The van der Waals surface area contributed by atoms with E-state index < -0.39 is 10.0 Å². The minimum absolute atomic E-state index is 0.107. The van der Waals surface area contributed by atoms with E-state index in [1.165, 1.54) is 12.1 Å². The van der Waals surface area contributed by atoms with Gasteiger partial charge in [0.05, 0.1) is 10.6 Å². The van der Waals surface area contributed by atoms with E-state index in [1.807, 2.05) is 26.0 Å². The van der Waals surface area contributed by atoms with Crippen molar-refractivity contribution in [1.29, 1.82) is 0 Å². The van der Waals surface area contributed by atoms with E-state index >= 15 is 0 Å². The topological polar surface area (TPSA) is 84.5 Å². The zero-order valence-electron chi connectivity index (χ0n) is 17.4. The van der Waals surface area contributed by atoms with Crippen LogP contribution in [0.4, 0.5) is 11.4 Å². The van der Waals surface area contributed by atoms with Gasteiger partial charge < -0.3 is 10.1 Å². The molecular weight excluding hydrogens is 412 g/mol. The van der Waals surface area contributed by atoms with Crippen LogP contribution >= 0.6 is 0 Å². The number of hydrogen-bond donors (Lipinski definition) is 2. The van der Waals surface area contributed by atoms with Crippen molar-refractivity contribution < 1.29 is 17.9 Å². The molecule has 0 saturated carbocycles. The highest BCUT2D eigenvalue weighted by Gasteiger charge is 2.16. The van der Waals surface area contributed by atoms with E-state index in [0.29, 0.717) is 29.3 Å². The molecule has 0 aromatic heterocycles. The normalized spacial score (nSPS) is 10.9. The molecule has 0 aliphatic carbocycles. The van der Waals surface area contributed by atoms with Gasteiger partial charge in [0.2, 0.25) is 0 Å². The van der Waals surface area contributed by atoms with Gasteiger partial charge in [-0.1, -0.05) is 24.8 Å². The van der Waals surface area contributed by atoms with Crippen molar-refractivity contribution in [2.24, 2.45) is 0 Å². The van der Waals surface area contributed by atoms with E-state index in [4.69, 9.17) is 4.74 Å². The van der Waals surface area contributed by atoms with Crippen LogP contribution in [0, 0.1) is 13.8 Å². The molecule has 0 unspecified atom stereocenters. The van der Waals surface area contributed by atoms with Crippen LogP contribution in [0.25, 0.3) is 0 Å². The maximum atomic E-state index is 12.7. The Morgan fingerprint density at radius 3 is 2.32 bits per heavy atom. The van der Waals surface area contributed by atoms with Crippen molar-refractivity contribution in [1.82, 2.24) is 0 Å². The molecule has 2 N–H and O–H groups in total. The van der Waals surface area contributed by atoms with Gasteiger partial charge in [-0.2, -0.15) is 0 Å². The summed E-state index contributed by atoms with van der Waals surface area (Å²) in [6, 6.07) is 18.3. The average Bonchev–Trinajstić information content (AvgIpc) is 2.75. The van der Waals surface area contributed by atoms with Crippen molar-refractivity contribution in [3.8, 4) is 5.75 Å². The third-order valence-electron chi connectivity index (χ3n) is 4.54. The first-order chi connectivity index (χ1) is 14.8. The summed E-state index contributed by atoms with van der Waals surface area (Å²) in [6.45, 7) is 7.72. The summed E-state index contributed by atoms with van der Waals surface area (Å²) < 4.78 is 33.4. The summed E-state index contributed by atoms with van der Waals surface area (Å²) in [6.07, 6.45) is 1.64. The lowest BCUT2D eigenvalue weighted by atomic mass is 10.1. The first-order valence-corrected chi connectivity index (χ1v) is 11.1. The van der Waals surface area contributed by atoms with Crippen molar-refractivity contribution in [3.05, 3.63) is 96.1 Å². The molecule has 0 spiro atoms. The van der Waals surface area contributed by atoms with E-state index in [1.54, 1.807) is 48.5 Å². The van der Waals surface area contributed by atoms with Crippen LogP contribution in [-0.2, 0) is 10.0 Å². The number of rotatable bonds is 8. The molecule has 3 aromatic carbocycles. The van der Waals surface area contributed by atoms with E-state index in [9.17, 15) is 13.2 Å². The molecule has 0 atom stereocenters. The highest BCUT2D eigenvalue weighted by Crippen LogP contribution is 2.22. The second-order valence-electron chi connectivity index (χ2n) is 7.03. The molecule has 3 rings (SSSR count). The van der Waals surface area contributed by atoms with E-state index in [0.717, 1.165) is 11.1 Å². The average molecular weight is 437 g/mol. The number of benzene rings is 3. The van der Waals surface area contributed by atoms with Crippen LogP contribution in [0.1, 0.15) is 21.5 Å². The lowest BCUT2D eigenvalue weighted by Crippen LogP contribution is -2.15. The van der Waals surface area contributed by atoms with Gasteiger partial charge in [-0.05, 0) is 79.6 Å². The number of ether oxygens (including phenoxy) is 1. The molecule has 0 aliphatic rings. The van der Waals surface area contributed by atoms with Crippen LogP contribution in [0.2, 0.25) is 0 Å². The fourth-order valence-electron chi connectivity index (χ4n) is 2.83. The molecule has 0 aliphatic heterocycles. The maximum Gasteiger partial charge on any atom is 0.261 e. The summed E-state index contributed by atoms with van der Waals surface area (Å²) in [5.41, 5.74) is 3.28. The molecule has 3 aromatic rings. The highest BCUT2D eigenvalue weighted by molar-refractivity contribution is 7.92. The van der Waals surface area contributed by atoms with Crippen LogP contribution in [-0.4, -0.2) is 20.9 Å². The number of carbonyl (C=O) groups excluding carboxylic acids is 1. The predicted molar refractivity (Wildman–Crippen MR) is 123 cm³/mol. The summed E-state index contributed by atoms with van der Waals surface area (Å²) >= 11 is 0. The van der Waals surface area contributed by atoms with Crippen LogP contribution in [0.3, 0.4) is 0 Å². The third-order valence-corrected chi connectivity index (χ3v) is 5.93. The Balaban J connectivity index is 1.68. The molecule has 160 valence electrons. The number of anilines is 2. The molecule has 7 heteroatoms. The van der Waals surface area contributed by atoms with Crippen LogP contribution in [0.15, 0.2) is 84.3 Å². The van der Waals surface area contributed by atoms with Gasteiger partial charge in [-0.3, -0.25) is 9.52 Å². The molecule has 0 bridgehead atoms. The quantitative estimate of drug-likeness (QED) is 0.491. The lowest BCUT2D eigenvalue weighted by Gasteiger charge is -2.12. The van der Waals surface area contributed by atoms with Crippen molar-refractivity contribution in [3.63, 3.8) is 0 Å². The van der Waals surface area contributed by atoms with Crippen LogP contribution < -0.4 is 14.8 Å². The zero-order valence-corrected chi connectivity index (χ0v) is 18.2. The minimum atomic E-state index is -3.75. The minimum Gasteiger partial charge on any atom is -0.490 e. The Morgan fingerprint density at radius 2 is 1.68 bits per heavy atom. The molecule has 0 saturated heterocycles. The molecule has 0 radical (unpaired) electrons. The largest absolute Gasteiger partial charge is 0.490 e. The standard InChI is InChI=1S/C24H24N2O4S/c1-4-15-30-21-11-7-19(8-12-21)24(27)25-20-9-13-22(14-10-20)31(28,29)26-23-16-17(2)5-6-18(23)3/h4-14,16,26H,1,15H2,2-3H3,(H,25,27). The molecule has 1 amide bonds. The van der Waals surface area contributed by atoms with Crippen molar-refractivity contribution in [2.45, 2.75) is 18.7 Å². The fourth-order valence-corrected chi connectivity index (χ4v) is 3.95. The fraction of sp³-hybridized carbons (Fsp3) is 0.125. The van der Waals surface area contributed by atoms with Gasteiger partial charge in [0.1, 0.15) is 12.4 Å². The van der Waals surface area contributed by atoms with Gasteiger partial charge in [0, 0.05) is 11.3 Å². The van der Waals surface area contributed by atoms with Crippen LogP contribution in [0.5, 0.6) is 5.75 Å². The summed E-state index contributed by atoms with van der Waals surface area (Å²) in [5, 5.41) is 2.75. The number of amides is 1. The zero-order chi connectivity index (χ0) is 22.4. The Kier molecular flexibility index (Phi) is 6.77. The maximum absolute atomic E-state index is 12.7. The Hall–Kier alpha value is -3.58. The number of aryl methyl sites for hydroxylation is 2. The van der Waals surface area contributed by atoms with Gasteiger partial charge in [-0.15, -0.1) is 0 Å². The highest BCUT2D eigenvalue weighted by atomic mass is 32.2. The first-order valence-electron chi connectivity index (χ1n) is 9.64. The van der Waals surface area contributed by atoms with Crippen molar-refractivity contribution >= 4 is 27.3 Å². The van der Waals surface area contributed by atoms with Gasteiger partial charge in [0.25, 0.3) is 15.9 Å². The van der Waals surface area contributed by atoms with Crippen molar-refractivity contribution in [2.75, 3.05) is 16.6 Å². The monoisotopic (exact) mass is 436 g/mol.